The van der Waals surface area contributed by atoms with Crippen molar-refractivity contribution in [2.75, 3.05) is 12.9 Å². The van der Waals surface area contributed by atoms with E-state index in [2.05, 4.69) is 11.9 Å². The first kappa shape index (κ1) is 21.4. The first-order valence-electron chi connectivity index (χ1n) is 3.97. The van der Waals surface area contributed by atoms with E-state index >= 15 is 0 Å². The van der Waals surface area contributed by atoms with Crippen molar-refractivity contribution >= 4 is 16.0 Å². The molecule has 8 heteroatoms. The van der Waals surface area contributed by atoms with Crippen LogP contribution in [0.3, 0.4) is 0 Å². The number of carbonyl (C=O) groups is 1. The van der Waals surface area contributed by atoms with E-state index < -0.39 is 27.3 Å². The van der Waals surface area contributed by atoms with Crippen molar-refractivity contribution in [2.24, 2.45) is 0 Å². The molecule has 6 nitrogen and oxygen atoms in total. The van der Waals surface area contributed by atoms with Gasteiger partial charge in [0, 0.05) is 0 Å². The molecule has 0 aliphatic heterocycles. The number of hydrogen-bond acceptors (Lipinski definition) is 4. The molecule has 0 saturated heterocycles. The summed E-state index contributed by atoms with van der Waals surface area (Å²) >= 11 is 0. The summed E-state index contributed by atoms with van der Waals surface area (Å²) in [4.78, 5) is 10.8. The first-order valence-corrected chi connectivity index (χ1v) is 5.58. The molecular formula is C8H16NNaO5S. The van der Waals surface area contributed by atoms with Crippen molar-refractivity contribution in [3.8, 4) is 0 Å². The minimum Gasteiger partial charge on any atom is -0.857 e. The van der Waals surface area contributed by atoms with Crippen LogP contribution in [0.15, 0.2) is 12.7 Å². The fourth-order valence-electron chi connectivity index (χ4n) is 0.877. The van der Waals surface area contributed by atoms with Crippen LogP contribution in [0, 0.1) is 0 Å². The average Bonchev–Trinajstić information content (AvgIpc) is 2.02. The van der Waals surface area contributed by atoms with Crippen LogP contribution in [0.25, 0.3) is 0 Å². The van der Waals surface area contributed by atoms with Crippen LogP contribution in [0.4, 0.5) is 0 Å². The molecule has 0 heterocycles. The van der Waals surface area contributed by atoms with Crippen LogP contribution < -0.4 is 40.0 Å². The standard InChI is InChI=1S/C7H13NO4S.CH3O.Na/c1-4-6(9)8-7(2,3)5-13(10,11)12;1-2;/h4H,1,5H2,2-3H3,(H,8,9)(H,10,11,12);1H3;/q;-1;+1. The smallest absolute Gasteiger partial charge is 0.857 e. The zero-order valence-electron chi connectivity index (χ0n) is 9.98. The quantitative estimate of drug-likeness (QED) is 0.304. The Bertz CT molecular complexity index is 312. The monoisotopic (exact) mass is 261 g/mol. The van der Waals surface area contributed by atoms with Crippen LogP contribution in [-0.2, 0) is 14.9 Å². The van der Waals surface area contributed by atoms with Gasteiger partial charge in [0.15, 0.2) is 0 Å². The van der Waals surface area contributed by atoms with E-state index in [1.54, 1.807) is 0 Å². The van der Waals surface area contributed by atoms with Gasteiger partial charge in [-0.3, -0.25) is 9.35 Å². The molecule has 0 aliphatic rings. The summed E-state index contributed by atoms with van der Waals surface area (Å²) in [5.74, 6) is -1.01. The number of rotatable bonds is 4. The second-order valence-corrected chi connectivity index (χ2v) is 4.76. The van der Waals surface area contributed by atoms with Gasteiger partial charge in [-0.1, -0.05) is 6.58 Å². The van der Waals surface area contributed by atoms with Crippen LogP contribution in [-0.4, -0.2) is 37.3 Å². The third kappa shape index (κ3) is 14.1. The molecule has 0 unspecified atom stereocenters. The maximum absolute atomic E-state index is 10.8. The summed E-state index contributed by atoms with van der Waals surface area (Å²) in [7, 11) is -3.33. The van der Waals surface area contributed by atoms with E-state index in [0.29, 0.717) is 0 Å². The van der Waals surface area contributed by atoms with Gasteiger partial charge in [-0.25, -0.2) is 0 Å². The molecule has 0 aliphatic carbocycles. The van der Waals surface area contributed by atoms with Gasteiger partial charge in [0.05, 0.1) is 11.3 Å². The summed E-state index contributed by atoms with van der Waals surface area (Å²) in [5, 5.41) is 10.6. The van der Waals surface area contributed by atoms with Gasteiger partial charge in [0.1, 0.15) is 0 Å². The van der Waals surface area contributed by atoms with Crippen LogP contribution in [0.2, 0.25) is 0 Å². The Morgan fingerprint density at radius 2 is 1.88 bits per heavy atom. The molecule has 2 N–H and O–H groups in total. The van der Waals surface area contributed by atoms with Gasteiger partial charge in [-0.05, 0) is 19.9 Å². The van der Waals surface area contributed by atoms with Crippen LogP contribution in [0.1, 0.15) is 13.8 Å². The van der Waals surface area contributed by atoms with Crippen molar-refractivity contribution < 1.29 is 52.4 Å². The minimum atomic E-state index is -4.08. The third-order valence-corrected chi connectivity index (χ3v) is 2.28. The Balaban J connectivity index is -0.000000529. The average molecular weight is 261 g/mol. The second-order valence-electron chi connectivity index (χ2n) is 3.30. The summed E-state index contributed by atoms with van der Waals surface area (Å²) in [6, 6.07) is 0. The van der Waals surface area contributed by atoms with Gasteiger partial charge >= 0.3 is 29.6 Å². The van der Waals surface area contributed by atoms with Crippen molar-refractivity contribution in [3.63, 3.8) is 0 Å². The Labute approximate surface area is 118 Å². The van der Waals surface area contributed by atoms with E-state index in [9.17, 15) is 13.2 Å². The first-order chi connectivity index (χ1) is 6.66. The predicted molar refractivity (Wildman–Crippen MR) is 54.8 cm³/mol. The number of hydrogen-bond donors (Lipinski definition) is 2. The molecule has 1 amide bonds. The van der Waals surface area contributed by atoms with Crippen LogP contribution in [0.5, 0.6) is 0 Å². The Morgan fingerprint density at radius 1 is 1.50 bits per heavy atom. The SMILES string of the molecule is C=CC(=O)NC(C)(C)CS(=O)(=O)O.C[O-].[Na+]. The zero-order valence-corrected chi connectivity index (χ0v) is 12.8. The Morgan fingerprint density at radius 3 is 2.12 bits per heavy atom. The van der Waals surface area contributed by atoms with E-state index in [4.69, 9.17) is 9.66 Å². The molecule has 0 aromatic carbocycles. The van der Waals surface area contributed by atoms with Crippen molar-refractivity contribution in [3.05, 3.63) is 12.7 Å². The molecule has 0 aromatic heterocycles. The fraction of sp³-hybridized carbons (Fsp3) is 0.625. The van der Waals surface area contributed by atoms with Crippen molar-refractivity contribution in [2.45, 2.75) is 19.4 Å². The molecule has 0 bridgehead atoms. The van der Waals surface area contributed by atoms with E-state index in [-0.39, 0.29) is 29.6 Å². The topological polar surface area (TPSA) is 107 Å². The van der Waals surface area contributed by atoms with Gasteiger partial charge in [-0.2, -0.15) is 15.5 Å². The van der Waals surface area contributed by atoms with Crippen molar-refractivity contribution in [1.29, 1.82) is 0 Å². The second kappa shape index (κ2) is 9.15. The van der Waals surface area contributed by atoms with Crippen molar-refractivity contribution in [1.82, 2.24) is 5.32 Å². The fourth-order valence-corrected chi connectivity index (χ4v) is 1.86. The molecule has 0 fully saturated rings. The number of amides is 1. The summed E-state index contributed by atoms with van der Waals surface area (Å²) in [6.07, 6.45) is 1.03. The minimum absolute atomic E-state index is 0. The van der Waals surface area contributed by atoms with E-state index in [1.165, 1.54) is 13.8 Å². The molecule has 16 heavy (non-hydrogen) atoms. The molecular weight excluding hydrogens is 245 g/mol. The number of nitrogens with one attached hydrogen (secondary N) is 1. The van der Waals surface area contributed by atoms with E-state index in [1.807, 2.05) is 0 Å². The maximum atomic E-state index is 10.8. The summed E-state index contributed by atoms with van der Waals surface area (Å²) < 4.78 is 29.5. The molecule has 0 saturated carbocycles. The zero-order chi connectivity index (χ0) is 12.7. The van der Waals surface area contributed by atoms with Gasteiger partial charge < -0.3 is 10.4 Å². The van der Waals surface area contributed by atoms with E-state index in [0.717, 1.165) is 13.2 Å². The Hall–Kier alpha value is 0.0800. The molecule has 0 aromatic rings. The van der Waals surface area contributed by atoms with Gasteiger partial charge in [-0.15, -0.1) is 0 Å². The summed E-state index contributed by atoms with van der Waals surface area (Å²) in [6.45, 7) is 6.19. The Kier molecular flexibility index (Phi) is 12.2. The summed E-state index contributed by atoms with van der Waals surface area (Å²) in [5.41, 5.74) is -1.00. The van der Waals surface area contributed by atoms with Gasteiger partial charge in [0.25, 0.3) is 10.1 Å². The largest absolute Gasteiger partial charge is 1.00 e. The maximum Gasteiger partial charge on any atom is 1.00 e. The predicted octanol–water partition coefficient (Wildman–Crippen LogP) is -4.06. The molecule has 0 atom stereocenters. The number of carbonyl (C=O) groups excluding carboxylic acids is 1. The third-order valence-electron chi connectivity index (χ3n) is 1.19. The normalized spacial score (nSPS) is 10.3. The molecule has 90 valence electrons. The van der Waals surface area contributed by atoms with Crippen LogP contribution >= 0.6 is 0 Å². The molecule has 0 rings (SSSR count). The molecule has 0 spiro atoms. The molecule has 0 radical (unpaired) electrons. The van der Waals surface area contributed by atoms with Gasteiger partial charge in [0.2, 0.25) is 5.91 Å².